The van der Waals surface area contributed by atoms with E-state index < -0.39 is 0 Å². The van der Waals surface area contributed by atoms with Gasteiger partial charge in [-0.1, -0.05) is 26.0 Å². The highest BCUT2D eigenvalue weighted by Crippen LogP contribution is 2.12. The zero-order valence-corrected chi connectivity index (χ0v) is 9.32. The fraction of sp³-hybridized carbons (Fsp3) is 0.250. The highest BCUT2D eigenvalue weighted by molar-refractivity contribution is 5.80. The van der Waals surface area contributed by atoms with Crippen LogP contribution in [0.3, 0.4) is 0 Å². The third-order valence-corrected chi connectivity index (χ3v) is 1.58. The van der Waals surface area contributed by atoms with Crippen LogP contribution in [0.1, 0.15) is 19.4 Å². The molecule has 1 aromatic rings. The van der Waals surface area contributed by atoms with E-state index in [1.165, 1.54) is 6.08 Å². The minimum atomic E-state index is -0.0647. The molecule has 1 aromatic carbocycles. The third-order valence-electron chi connectivity index (χ3n) is 1.58. The first-order valence-electron chi connectivity index (χ1n) is 4.81. The molecule has 1 rings (SSSR count). The van der Waals surface area contributed by atoms with Crippen LogP contribution in [0.15, 0.2) is 30.0 Å². The maximum absolute atomic E-state index is 9.02. The first kappa shape index (κ1) is 13.2. The van der Waals surface area contributed by atoms with Gasteiger partial charge in [0.15, 0.2) is 0 Å². The molecular formula is C12H17NO2. The van der Waals surface area contributed by atoms with Gasteiger partial charge in [-0.15, -0.1) is 0 Å². The van der Waals surface area contributed by atoms with Crippen molar-refractivity contribution in [3.63, 3.8) is 0 Å². The second-order valence-corrected chi connectivity index (χ2v) is 2.49. The van der Waals surface area contributed by atoms with Crippen LogP contribution in [0.25, 0.3) is 6.08 Å². The summed E-state index contributed by atoms with van der Waals surface area (Å²) in [5.41, 5.74) is 0.835. The Labute approximate surface area is 90.5 Å². The lowest BCUT2D eigenvalue weighted by Crippen LogP contribution is -1.83. The first-order chi connectivity index (χ1) is 7.26. The molecule has 0 aliphatic heterocycles. The number of hydrogen-bond acceptors (Lipinski definition) is 3. The molecule has 0 saturated carbocycles. The number of aliphatic hydroxyl groups is 1. The van der Waals surface area contributed by atoms with Crippen LogP contribution in [0.5, 0.6) is 5.75 Å². The van der Waals surface area contributed by atoms with E-state index in [1.807, 2.05) is 13.8 Å². The first-order valence-corrected chi connectivity index (χ1v) is 4.81. The Balaban J connectivity index is 0.000000921. The maximum Gasteiger partial charge on any atom is 0.133 e. The molecule has 3 heteroatoms. The SMILES string of the molecule is CC.COc1ccc(/C=C(/O)C=N)cc1. The molecule has 0 spiro atoms. The van der Waals surface area contributed by atoms with E-state index in [-0.39, 0.29) is 5.76 Å². The van der Waals surface area contributed by atoms with Crippen molar-refractivity contribution < 1.29 is 9.84 Å². The number of allylic oxidation sites excluding steroid dienone is 1. The molecule has 0 aromatic heterocycles. The molecule has 0 bridgehead atoms. The van der Waals surface area contributed by atoms with Gasteiger partial charge in [0.05, 0.1) is 13.3 Å². The van der Waals surface area contributed by atoms with Crippen molar-refractivity contribution in [3.8, 4) is 5.75 Å². The zero-order chi connectivity index (χ0) is 11.7. The summed E-state index contributed by atoms with van der Waals surface area (Å²) >= 11 is 0. The van der Waals surface area contributed by atoms with Crippen molar-refractivity contribution in [1.29, 1.82) is 5.41 Å². The monoisotopic (exact) mass is 207 g/mol. The summed E-state index contributed by atoms with van der Waals surface area (Å²) in [4.78, 5) is 0. The van der Waals surface area contributed by atoms with Gasteiger partial charge >= 0.3 is 0 Å². The van der Waals surface area contributed by atoms with Crippen LogP contribution in [-0.4, -0.2) is 18.4 Å². The Bertz CT molecular complexity index is 315. The molecule has 0 radical (unpaired) electrons. The predicted molar refractivity (Wildman–Crippen MR) is 63.7 cm³/mol. The average molecular weight is 207 g/mol. The lowest BCUT2D eigenvalue weighted by atomic mass is 10.2. The quantitative estimate of drug-likeness (QED) is 0.590. The van der Waals surface area contributed by atoms with Crippen molar-refractivity contribution in [2.24, 2.45) is 0 Å². The van der Waals surface area contributed by atoms with E-state index in [1.54, 1.807) is 31.4 Å². The highest BCUT2D eigenvalue weighted by atomic mass is 16.5. The Hall–Kier alpha value is -1.77. The van der Waals surface area contributed by atoms with E-state index in [2.05, 4.69) is 0 Å². The standard InChI is InChI=1S/C10H11NO2.C2H6/c1-13-10-4-2-8(3-5-10)6-9(12)7-11;1-2/h2-7,11-12H,1H3;1-2H3/b9-6+,11-7?;. The van der Waals surface area contributed by atoms with Gasteiger partial charge < -0.3 is 15.3 Å². The zero-order valence-electron chi connectivity index (χ0n) is 9.32. The third kappa shape index (κ3) is 4.86. The molecule has 0 heterocycles. The molecule has 82 valence electrons. The molecule has 15 heavy (non-hydrogen) atoms. The highest BCUT2D eigenvalue weighted by Gasteiger charge is 1.92. The van der Waals surface area contributed by atoms with Crippen LogP contribution >= 0.6 is 0 Å². The summed E-state index contributed by atoms with van der Waals surface area (Å²) in [6, 6.07) is 7.20. The summed E-state index contributed by atoms with van der Waals surface area (Å²) in [5.74, 6) is 0.705. The summed E-state index contributed by atoms with van der Waals surface area (Å²) in [5, 5.41) is 15.8. The van der Waals surface area contributed by atoms with Gasteiger partial charge in [-0.3, -0.25) is 0 Å². The second-order valence-electron chi connectivity index (χ2n) is 2.49. The number of aliphatic hydroxyl groups excluding tert-OH is 1. The van der Waals surface area contributed by atoms with Gasteiger partial charge in [-0.25, -0.2) is 0 Å². The van der Waals surface area contributed by atoms with Crippen molar-refractivity contribution >= 4 is 12.3 Å². The van der Waals surface area contributed by atoms with Crippen molar-refractivity contribution in [2.45, 2.75) is 13.8 Å². The van der Waals surface area contributed by atoms with Crippen LogP contribution in [0.4, 0.5) is 0 Å². The van der Waals surface area contributed by atoms with E-state index in [0.29, 0.717) is 0 Å². The number of hydrogen-bond donors (Lipinski definition) is 2. The number of benzene rings is 1. The second kappa shape index (κ2) is 7.62. The molecule has 0 aliphatic rings. The normalized spacial score (nSPS) is 9.93. The fourth-order valence-electron chi connectivity index (χ4n) is 0.913. The van der Waals surface area contributed by atoms with Crippen molar-refractivity contribution in [3.05, 3.63) is 35.6 Å². The Morgan fingerprint density at radius 3 is 2.20 bits per heavy atom. The van der Waals surface area contributed by atoms with Crippen LogP contribution in [0, 0.1) is 5.41 Å². The minimum Gasteiger partial charge on any atom is -0.506 e. The van der Waals surface area contributed by atoms with Crippen molar-refractivity contribution in [1.82, 2.24) is 0 Å². The summed E-state index contributed by atoms with van der Waals surface area (Å²) in [7, 11) is 1.60. The molecule has 0 atom stereocenters. The molecular weight excluding hydrogens is 190 g/mol. The fourth-order valence-corrected chi connectivity index (χ4v) is 0.913. The summed E-state index contributed by atoms with van der Waals surface area (Å²) in [6.45, 7) is 4.00. The number of nitrogens with one attached hydrogen (secondary N) is 1. The van der Waals surface area contributed by atoms with Gasteiger partial charge in [-0.05, 0) is 23.8 Å². The summed E-state index contributed by atoms with van der Waals surface area (Å²) in [6.07, 6.45) is 2.40. The largest absolute Gasteiger partial charge is 0.506 e. The lowest BCUT2D eigenvalue weighted by molar-refractivity contribution is 0.414. The van der Waals surface area contributed by atoms with Gasteiger partial charge in [0.1, 0.15) is 11.5 Å². The number of rotatable bonds is 3. The smallest absolute Gasteiger partial charge is 0.133 e. The maximum atomic E-state index is 9.02. The summed E-state index contributed by atoms with van der Waals surface area (Å²) < 4.78 is 4.97. The van der Waals surface area contributed by atoms with E-state index in [4.69, 9.17) is 15.3 Å². The van der Waals surface area contributed by atoms with Gasteiger partial charge in [0.2, 0.25) is 0 Å². The molecule has 0 saturated heterocycles. The molecule has 0 unspecified atom stereocenters. The molecule has 0 fully saturated rings. The van der Waals surface area contributed by atoms with Crippen LogP contribution < -0.4 is 4.74 Å². The Morgan fingerprint density at radius 2 is 1.80 bits per heavy atom. The Morgan fingerprint density at radius 1 is 1.27 bits per heavy atom. The van der Waals surface area contributed by atoms with Crippen LogP contribution in [0.2, 0.25) is 0 Å². The minimum absolute atomic E-state index is 0.0647. The Kier molecular flexibility index (Phi) is 6.72. The average Bonchev–Trinajstić information content (AvgIpc) is 2.32. The van der Waals surface area contributed by atoms with Crippen molar-refractivity contribution in [2.75, 3.05) is 7.11 Å². The van der Waals surface area contributed by atoms with E-state index >= 15 is 0 Å². The van der Waals surface area contributed by atoms with Gasteiger partial charge in [0, 0.05) is 0 Å². The van der Waals surface area contributed by atoms with Gasteiger partial charge in [0.25, 0.3) is 0 Å². The molecule has 3 nitrogen and oxygen atoms in total. The molecule has 2 N–H and O–H groups in total. The topological polar surface area (TPSA) is 53.3 Å². The predicted octanol–water partition coefficient (Wildman–Crippen LogP) is 3.27. The van der Waals surface area contributed by atoms with Crippen LogP contribution in [-0.2, 0) is 0 Å². The lowest BCUT2D eigenvalue weighted by Gasteiger charge is -1.99. The van der Waals surface area contributed by atoms with E-state index in [9.17, 15) is 0 Å². The van der Waals surface area contributed by atoms with Gasteiger partial charge in [-0.2, -0.15) is 0 Å². The number of ether oxygens (including phenoxy) is 1. The molecule has 0 amide bonds. The molecule has 0 aliphatic carbocycles. The van der Waals surface area contributed by atoms with E-state index in [0.717, 1.165) is 17.5 Å². The number of methoxy groups -OCH3 is 1.